The molecular weight excluding hydrogens is 368 g/mol. The molecule has 0 unspecified atom stereocenters. The van der Waals surface area contributed by atoms with Crippen molar-refractivity contribution in [2.45, 2.75) is 24.3 Å². The molecule has 0 saturated carbocycles. The van der Waals surface area contributed by atoms with Crippen LogP contribution >= 0.6 is 0 Å². The highest BCUT2D eigenvalue weighted by Crippen LogP contribution is 2.29. The number of carbonyl (C=O) groups is 3. The molecule has 1 heterocycles. The summed E-state index contributed by atoms with van der Waals surface area (Å²) in [6.45, 7) is 0.676. The smallest absolute Gasteiger partial charge is 0.269 e. The first-order valence-electron chi connectivity index (χ1n) is 8.30. The van der Waals surface area contributed by atoms with Gasteiger partial charge in [0.15, 0.2) is 5.78 Å². The van der Waals surface area contributed by atoms with Gasteiger partial charge in [0.1, 0.15) is 11.4 Å². The number of carbonyl (C=O) groups excluding carboxylic acids is 3. The quantitative estimate of drug-likeness (QED) is 0.803. The minimum absolute atomic E-state index is 0.0395. The molecule has 0 radical (unpaired) electrons. The molecule has 1 N–H and O–H groups in total. The molecule has 7 nitrogen and oxygen atoms in total. The van der Waals surface area contributed by atoms with E-state index in [4.69, 9.17) is 0 Å². The third-order valence-electron chi connectivity index (χ3n) is 4.31. The summed E-state index contributed by atoms with van der Waals surface area (Å²) in [6.07, 6.45) is 0.281. The first-order chi connectivity index (χ1) is 12.8. The van der Waals surface area contributed by atoms with Crippen LogP contribution in [0.3, 0.4) is 0 Å². The highest BCUT2D eigenvalue weighted by Gasteiger charge is 2.42. The average molecular weight is 386 g/mol. The summed E-state index contributed by atoms with van der Waals surface area (Å²) in [5, 5.41) is 2.53. The number of amides is 2. The third-order valence-corrected chi connectivity index (χ3v) is 6.09. The van der Waals surface area contributed by atoms with Crippen molar-refractivity contribution in [1.29, 1.82) is 0 Å². The van der Waals surface area contributed by atoms with E-state index in [1.807, 2.05) is 30.3 Å². The summed E-state index contributed by atoms with van der Waals surface area (Å²) in [5.74, 6) is -1.72. The molecule has 2 amide bonds. The molecule has 1 aliphatic rings. The number of ketones is 1. The van der Waals surface area contributed by atoms with Crippen molar-refractivity contribution in [3.63, 3.8) is 0 Å². The number of hydrogen-bond acceptors (Lipinski definition) is 5. The van der Waals surface area contributed by atoms with Gasteiger partial charge in [-0.2, -0.15) is 0 Å². The van der Waals surface area contributed by atoms with Crippen molar-refractivity contribution >= 4 is 27.6 Å². The van der Waals surface area contributed by atoms with Crippen LogP contribution < -0.4 is 5.32 Å². The van der Waals surface area contributed by atoms with E-state index in [0.717, 1.165) is 5.56 Å². The predicted molar refractivity (Wildman–Crippen MR) is 97.4 cm³/mol. The normalized spacial score (nSPS) is 15.9. The van der Waals surface area contributed by atoms with E-state index in [2.05, 4.69) is 5.32 Å². The summed E-state index contributed by atoms with van der Waals surface area (Å²) < 4.78 is 25.5. The fourth-order valence-corrected chi connectivity index (χ4v) is 4.43. The molecule has 3 rings (SSSR count). The van der Waals surface area contributed by atoms with Crippen molar-refractivity contribution in [2.75, 3.05) is 6.54 Å². The molecule has 0 saturated heterocycles. The number of fused-ring (bicyclic) bond motifs is 1. The second kappa shape index (κ2) is 7.32. The molecule has 0 fully saturated rings. The Balaban J connectivity index is 1.73. The first kappa shape index (κ1) is 18.8. The van der Waals surface area contributed by atoms with Gasteiger partial charge in [0.05, 0.1) is 11.6 Å². The predicted octanol–water partition coefficient (Wildman–Crippen LogP) is 1.15. The molecule has 2 aromatic carbocycles. The third kappa shape index (κ3) is 3.75. The fraction of sp³-hybridized carbons (Fsp3) is 0.211. The average Bonchev–Trinajstić information content (AvgIpc) is 2.83. The first-order valence-corrected chi connectivity index (χ1v) is 9.74. The lowest BCUT2D eigenvalue weighted by Crippen LogP contribution is -2.47. The van der Waals surface area contributed by atoms with E-state index < -0.39 is 34.4 Å². The second-order valence-corrected chi connectivity index (χ2v) is 8.06. The number of benzene rings is 2. The van der Waals surface area contributed by atoms with Crippen LogP contribution in [0.1, 0.15) is 22.8 Å². The Morgan fingerprint density at radius 3 is 2.30 bits per heavy atom. The van der Waals surface area contributed by atoms with E-state index in [1.165, 1.54) is 25.1 Å². The number of hydrogen-bond donors (Lipinski definition) is 1. The standard InChI is InChI=1S/C19H18N2O5S/c1-13(22)16(11-14-7-3-2-4-8-14)20-18(23)12-21-19(24)15-9-5-6-10-17(15)27(21,25)26/h2-10,16H,11-12H2,1H3,(H,20,23)/t16-/m1/s1. The number of sulfonamides is 1. The van der Waals surface area contributed by atoms with Gasteiger partial charge in [-0.25, -0.2) is 12.7 Å². The Morgan fingerprint density at radius 1 is 1.04 bits per heavy atom. The molecule has 0 aliphatic carbocycles. The van der Waals surface area contributed by atoms with Crippen molar-refractivity contribution in [3.05, 3.63) is 65.7 Å². The Hall–Kier alpha value is -3.00. The van der Waals surface area contributed by atoms with Crippen molar-refractivity contribution < 1.29 is 22.8 Å². The molecule has 1 atom stereocenters. The van der Waals surface area contributed by atoms with Crippen LogP contribution in [0, 0.1) is 0 Å². The maximum atomic E-state index is 12.5. The molecule has 0 spiro atoms. The van der Waals surface area contributed by atoms with E-state index in [0.29, 0.717) is 4.31 Å². The molecular formula is C19H18N2O5S. The monoisotopic (exact) mass is 386 g/mol. The van der Waals surface area contributed by atoms with Gasteiger partial charge in [-0.1, -0.05) is 42.5 Å². The summed E-state index contributed by atoms with van der Waals surface area (Å²) in [7, 11) is -4.07. The van der Waals surface area contributed by atoms with Crippen LogP contribution in [0.4, 0.5) is 0 Å². The summed E-state index contributed by atoms with van der Waals surface area (Å²) in [5.41, 5.74) is 0.896. The SMILES string of the molecule is CC(=O)[C@@H](Cc1ccccc1)NC(=O)CN1C(=O)c2ccccc2S1(=O)=O. The van der Waals surface area contributed by atoms with Crippen LogP contribution in [0.2, 0.25) is 0 Å². The van der Waals surface area contributed by atoms with Crippen molar-refractivity contribution in [3.8, 4) is 0 Å². The Labute approximate surface area is 157 Å². The summed E-state index contributed by atoms with van der Waals surface area (Å²) in [6, 6.07) is 14.1. The van der Waals surface area contributed by atoms with Gasteiger partial charge in [0, 0.05) is 0 Å². The number of rotatable bonds is 6. The Bertz CT molecular complexity index is 1000. The van der Waals surface area contributed by atoms with Crippen molar-refractivity contribution in [1.82, 2.24) is 9.62 Å². The maximum absolute atomic E-state index is 12.5. The minimum Gasteiger partial charge on any atom is -0.344 e. The molecule has 27 heavy (non-hydrogen) atoms. The molecule has 0 aromatic heterocycles. The fourth-order valence-electron chi connectivity index (χ4n) is 2.90. The van der Waals surface area contributed by atoms with Crippen LogP contribution in [0.15, 0.2) is 59.5 Å². The highest BCUT2D eigenvalue weighted by atomic mass is 32.2. The van der Waals surface area contributed by atoms with Gasteiger partial charge in [-0.15, -0.1) is 0 Å². The molecule has 8 heteroatoms. The van der Waals surface area contributed by atoms with E-state index in [1.54, 1.807) is 6.07 Å². The zero-order valence-corrected chi connectivity index (χ0v) is 15.4. The van der Waals surface area contributed by atoms with Gasteiger partial charge in [0.2, 0.25) is 5.91 Å². The lowest BCUT2D eigenvalue weighted by Gasteiger charge is -2.19. The maximum Gasteiger partial charge on any atom is 0.269 e. The van der Waals surface area contributed by atoms with E-state index in [-0.39, 0.29) is 22.7 Å². The second-order valence-electron chi connectivity index (χ2n) is 6.23. The number of nitrogens with one attached hydrogen (secondary N) is 1. The van der Waals surface area contributed by atoms with Crippen LogP contribution in [-0.4, -0.2) is 42.9 Å². The van der Waals surface area contributed by atoms with Gasteiger partial charge in [-0.05, 0) is 31.0 Å². The van der Waals surface area contributed by atoms with Crippen molar-refractivity contribution in [2.24, 2.45) is 0 Å². The largest absolute Gasteiger partial charge is 0.344 e. The van der Waals surface area contributed by atoms with E-state index in [9.17, 15) is 22.8 Å². The van der Waals surface area contributed by atoms with Gasteiger partial charge in [0.25, 0.3) is 15.9 Å². The van der Waals surface area contributed by atoms with Gasteiger partial charge in [-0.3, -0.25) is 14.4 Å². The van der Waals surface area contributed by atoms with Crippen LogP contribution in [0.5, 0.6) is 0 Å². The number of nitrogens with zero attached hydrogens (tertiary/aromatic N) is 1. The van der Waals surface area contributed by atoms with Crippen LogP contribution in [0.25, 0.3) is 0 Å². The Morgan fingerprint density at radius 2 is 1.67 bits per heavy atom. The zero-order valence-electron chi connectivity index (χ0n) is 14.6. The van der Waals surface area contributed by atoms with Crippen LogP contribution in [-0.2, 0) is 26.0 Å². The highest BCUT2D eigenvalue weighted by molar-refractivity contribution is 7.90. The van der Waals surface area contributed by atoms with Gasteiger partial charge < -0.3 is 5.32 Å². The summed E-state index contributed by atoms with van der Waals surface area (Å²) in [4.78, 5) is 36.5. The zero-order chi connectivity index (χ0) is 19.6. The lowest BCUT2D eigenvalue weighted by atomic mass is 10.0. The topological polar surface area (TPSA) is 101 Å². The molecule has 2 aromatic rings. The minimum atomic E-state index is -4.07. The number of Topliss-reactive ketones (excluding diaryl/α,β-unsaturated/α-hetero) is 1. The van der Waals surface area contributed by atoms with Gasteiger partial charge >= 0.3 is 0 Å². The Kier molecular flexibility index (Phi) is 5.09. The van der Waals surface area contributed by atoms with E-state index >= 15 is 0 Å². The molecule has 140 valence electrons. The molecule has 1 aliphatic heterocycles. The summed E-state index contributed by atoms with van der Waals surface area (Å²) >= 11 is 0. The molecule has 0 bridgehead atoms. The lowest BCUT2D eigenvalue weighted by molar-refractivity contribution is -0.126.